The van der Waals surface area contributed by atoms with Gasteiger partial charge in [-0.3, -0.25) is 0 Å². The Morgan fingerprint density at radius 3 is 2.63 bits per heavy atom. The van der Waals surface area contributed by atoms with E-state index < -0.39 is 0 Å². The third-order valence-corrected chi connectivity index (χ3v) is 5.46. The van der Waals surface area contributed by atoms with Crippen LogP contribution in [0, 0.1) is 5.92 Å². The van der Waals surface area contributed by atoms with Gasteiger partial charge in [-0.15, -0.1) is 5.10 Å². The van der Waals surface area contributed by atoms with E-state index in [0.717, 1.165) is 35.6 Å². The predicted molar refractivity (Wildman–Crippen MR) is 105 cm³/mol. The molecule has 1 aromatic carbocycles. The van der Waals surface area contributed by atoms with Crippen molar-refractivity contribution in [1.82, 2.24) is 25.0 Å². The number of benzene rings is 1. The molecule has 1 unspecified atom stereocenters. The van der Waals surface area contributed by atoms with E-state index in [4.69, 9.17) is 26.3 Å². The first-order valence-corrected chi connectivity index (χ1v) is 9.99. The second kappa shape index (κ2) is 7.43. The lowest BCUT2D eigenvalue weighted by atomic mass is 9.97. The molecule has 0 bridgehead atoms. The van der Waals surface area contributed by atoms with Crippen LogP contribution in [0.25, 0.3) is 22.8 Å². The van der Waals surface area contributed by atoms with Crippen LogP contribution in [0.15, 0.2) is 18.2 Å². The number of hydrogen-bond donors (Lipinski definition) is 0. The summed E-state index contributed by atoms with van der Waals surface area (Å²) in [5, 5.41) is 9.79. The molecule has 0 spiro atoms. The molecule has 0 saturated heterocycles. The lowest BCUT2D eigenvalue weighted by molar-refractivity contribution is 0.415. The molecule has 1 aromatic rings. The fraction of sp³-hybridized carbons (Fsp3) is 0.500. The van der Waals surface area contributed by atoms with Crippen LogP contribution in [0.3, 0.4) is 0 Å². The average Bonchev–Trinajstić information content (AvgIpc) is 3.43. The van der Waals surface area contributed by atoms with E-state index in [1.807, 2.05) is 19.1 Å². The standard InChI is InChI=1S/C20H24ClN5O/c1-4-6-14(12-7-8-12)19-22-18-17(24-26(5-2)25-20(18)23-19)15-10-9-13(27-3)11-16(15)21/h9-12,14H,4-8H2,1-3H3. The van der Waals surface area contributed by atoms with Crippen molar-refractivity contribution in [3.05, 3.63) is 29.0 Å². The Bertz CT molecular complexity index is 921. The first-order chi connectivity index (χ1) is 13.1. The highest BCUT2D eigenvalue weighted by atomic mass is 35.5. The van der Waals surface area contributed by atoms with Gasteiger partial charge in [-0.1, -0.05) is 24.9 Å². The highest BCUT2D eigenvalue weighted by Crippen LogP contribution is 2.45. The van der Waals surface area contributed by atoms with Gasteiger partial charge >= 0.3 is 0 Å². The van der Waals surface area contributed by atoms with E-state index in [-0.39, 0.29) is 0 Å². The second-order valence-electron chi connectivity index (χ2n) is 7.07. The summed E-state index contributed by atoms with van der Waals surface area (Å²) in [6.45, 7) is 4.87. The Kier molecular flexibility index (Phi) is 5.00. The molecule has 2 aliphatic heterocycles. The molecule has 1 aliphatic carbocycles. The topological polar surface area (TPSA) is 65.7 Å². The van der Waals surface area contributed by atoms with Gasteiger partial charge in [0.15, 0.2) is 0 Å². The number of imidazole rings is 1. The fourth-order valence-electron chi connectivity index (χ4n) is 3.56. The van der Waals surface area contributed by atoms with Crippen LogP contribution < -0.4 is 4.74 Å². The van der Waals surface area contributed by atoms with E-state index in [1.54, 1.807) is 18.0 Å². The van der Waals surface area contributed by atoms with Crippen LogP contribution >= 0.6 is 11.6 Å². The molecule has 0 N–H and O–H groups in total. The molecule has 6 nitrogen and oxygen atoms in total. The highest BCUT2D eigenvalue weighted by molar-refractivity contribution is 6.33. The van der Waals surface area contributed by atoms with Crippen LogP contribution in [-0.4, -0.2) is 32.1 Å². The number of hydrogen-bond acceptors (Lipinski definition) is 5. The largest absolute Gasteiger partial charge is 0.497 e. The van der Waals surface area contributed by atoms with Crippen LogP contribution in [0.2, 0.25) is 5.02 Å². The Labute approximate surface area is 164 Å². The third-order valence-electron chi connectivity index (χ3n) is 5.15. The Morgan fingerprint density at radius 1 is 1.19 bits per heavy atom. The molecule has 4 rings (SSSR count). The van der Waals surface area contributed by atoms with Crippen molar-refractivity contribution in [2.24, 2.45) is 5.92 Å². The van der Waals surface area contributed by atoms with Crippen molar-refractivity contribution in [1.29, 1.82) is 0 Å². The van der Waals surface area contributed by atoms with Crippen LogP contribution in [-0.2, 0) is 6.54 Å². The summed E-state index contributed by atoms with van der Waals surface area (Å²) in [5.74, 6) is 3.39. The molecule has 0 amide bonds. The predicted octanol–water partition coefficient (Wildman–Crippen LogP) is 4.82. The molecule has 7 heteroatoms. The van der Waals surface area contributed by atoms with E-state index in [1.165, 1.54) is 12.8 Å². The first-order valence-electron chi connectivity index (χ1n) is 9.61. The maximum atomic E-state index is 6.52. The van der Waals surface area contributed by atoms with Crippen molar-refractivity contribution in [3.8, 4) is 28.5 Å². The zero-order chi connectivity index (χ0) is 19.0. The Hall–Kier alpha value is -2.21. The van der Waals surface area contributed by atoms with E-state index >= 15 is 0 Å². The summed E-state index contributed by atoms with van der Waals surface area (Å²) >= 11 is 6.52. The van der Waals surface area contributed by atoms with Gasteiger partial charge in [-0.25, -0.2) is 9.97 Å². The molecular formula is C20H24ClN5O. The number of halogens is 1. The van der Waals surface area contributed by atoms with Gasteiger partial charge in [0.2, 0.25) is 5.82 Å². The number of methoxy groups -OCH3 is 1. The maximum Gasteiger partial charge on any atom is 0.204 e. The van der Waals surface area contributed by atoms with E-state index in [9.17, 15) is 0 Å². The van der Waals surface area contributed by atoms with E-state index in [0.29, 0.717) is 35.0 Å². The second-order valence-corrected chi connectivity index (χ2v) is 7.48. The van der Waals surface area contributed by atoms with Crippen molar-refractivity contribution < 1.29 is 4.74 Å². The van der Waals surface area contributed by atoms with Gasteiger partial charge in [-0.2, -0.15) is 9.90 Å². The number of nitrogens with zero attached hydrogens (tertiary/aromatic N) is 5. The molecule has 3 aliphatic rings. The van der Waals surface area contributed by atoms with Crippen molar-refractivity contribution >= 4 is 11.6 Å². The normalized spacial score (nSPS) is 15.3. The SMILES string of the molecule is CCCC(c1nc2nn(CC)nc(-c3ccc(OC)cc3Cl)c-2n1)C1CC1. The van der Waals surface area contributed by atoms with Gasteiger partial charge in [0, 0.05) is 11.5 Å². The van der Waals surface area contributed by atoms with Crippen molar-refractivity contribution in [2.45, 2.75) is 52.0 Å². The first kappa shape index (κ1) is 18.2. The third kappa shape index (κ3) is 3.50. The molecule has 2 heterocycles. The summed E-state index contributed by atoms with van der Waals surface area (Å²) in [4.78, 5) is 11.3. The van der Waals surface area contributed by atoms with Crippen molar-refractivity contribution in [2.75, 3.05) is 7.11 Å². The highest BCUT2D eigenvalue weighted by Gasteiger charge is 2.35. The maximum absolute atomic E-state index is 6.52. The zero-order valence-corrected chi connectivity index (χ0v) is 16.7. The minimum absolute atomic E-state index is 0.415. The molecule has 0 radical (unpaired) electrons. The molecule has 1 fully saturated rings. The lowest BCUT2D eigenvalue weighted by Crippen LogP contribution is -2.11. The van der Waals surface area contributed by atoms with Crippen LogP contribution in [0.4, 0.5) is 0 Å². The lowest BCUT2D eigenvalue weighted by Gasteiger charge is -2.11. The summed E-state index contributed by atoms with van der Waals surface area (Å²) in [6, 6.07) is 5.59. The summed E-state index contributed by atoms with van der Waals surface area (Å²) < 4.78 is 5.26. The minimum atomic E-state index is 0.415. The molecular weight excluding hydrogens is 362 g/mol. The average molecular weight is 386 g/mol. The minimum Gasteiger partial charge on any atom is -0.497 e. The molecule has 1 atom stereocenters. The molecule has 1 saturated carbocycles. The van der Waals surface area contributed by atoms with Gasteiger partial charge in [0.25, 0.3) is 0 Å². The quantitative estimate of drug-likeness (QED) is 0.583. The number of aromatic nitrogens is 5. The Morgan fingerprint density at radius 2 is 2.00 bits per heavy atom. The van der Waals surface area contributed by atoms with Crippen LogP contribution in [0.5, 0.6) is 5.75 Å². The van der Waals surface area contributed by atoms with Gasteiger partial charge in [0.1, 0.15) is 23.0 Å². The number of aryl methyl sites for hydroxylation is 1. The summed E-state index contributed by atoms with van der Waals surface area (Å²) in [7, 11) is 1.62. The van der Waals surface area contributed by atoms with Gasteiger partial charge in [-0.05, 0) is 50.3 Å². The fourth-order valence-corrected chi connectivity index (χ4v) is 3.82. The molecule has 27 heavy (non-hydrogen) atoms. The zero-order valence-electron chi connectivity index (χ0n) is 15.9. The molecule has 0 aromatic heterocycles. The van der Waals surface area contributed by atoms with Gasteiger partial charge in [0.05, 0.1) is 18.7 Å². The monoisotopic (exact) mass is 385 g/mol. The number of rotatable bonds is 7. The van der Waals surface area contributed by atoms with Crippen LogP contribution in [0.1, 0.15) is 51.3 Å². The Balaban J connectivity index is 1.84. The molecule has 142 valence electrons. The smallest absolute Gasteiger partial charge is 0.204 e. The van der Waals surface area contributed by atoms with Crippen molar-refractivity contribution in [3.63, 3.8) is 0 Å². The summed E-state index contributed by atoms with van der Waals surface area (Å²) in [6.07, 6.45) is 4.78. The number of ether oxygens (including phenoxy) is 1. The van der Waals surface area contributed by atoms with E-state index in [2.05, 4.69) is 17.1 Å². The number of fused-ring (bicyclic) bond motifs is 1. The van der Waals surface area contributed by atoms with Gasteiger partial charge < -0.3 is 4.74 Å². The summed E-state index contributed by atoms with van der Waals surface area (Å²) in [5.41, 5.74) is 2.26.